The van der Waals surface area contributed by atoms with Crippen LogP contribution >= 0.6 is 11.8 Å². The smallest absolute Gasteiger partial charge is 0.447 e. The molecule has 0 unspecified atom stereocenters. The Morgan fingerprint density at radius 1 is 1.20 bits per heavy atom. The van der Waals surface area contributed by atoms with Gasteiger partial charge in [-0.25, -0.2) is 23.4 Å². The molecule has 0 amide bonds. The average molecular weight is 461 g/mol. The molecule has 3 aromatic heterocycles. The SMILES string of the molecule is CCS(=O)(=O)c1cc(OC(C)C)cnc1-c1nc2cc(SC(F)(F)F)ncc2n1C. The summed E-state index contributed by atoms with van der Waals surface area (Å²) in [6, 6.07) is 2.60. The van der Waals surface area contributed by atoms with Gasteiger partial charge in [-0.05, 0) is 19.9 Å². The summed E-state index contributed by atoms with van der Waals surface area (Å²) in [5.41, 5.74) is -3.69. The number of pyridine rings is 2. The summed E-state index contributed by atoms with van der Waals surface area (Å²) < 4.78 is 70.5. The highest BCUT2D eigenvalue weighted by Gasteiger charge is 2.30. The molecule has 0 saturated heterocycles. The van der Waals surface area contributed by atoms with Crippen LogP contribution in [0.5, 0.6) is 5.75 Å². The number of alkyl halides is 3. The van der Waals surface area contributed by atoms with Gasteiger partial charge in [-0.1, -0.05) is 6.92 Å². The number of aryl methyl sites for hydroxylation is 1. The van der Waals surface area contributed by atoms with E-state index in [0.29, 0.717) is 11.3 Å². The minimum absolute atomic E-state index is 0.0561. The second kappa shape index (κ2) is 8.06. The standard InChI is InChI=1S/C18H19F3N4O3S2/c1-5-30(26,27)14-6-11(28-10(2)3)8-23-16(14)17-24-12-7-15(29-18(19,20)21)22-9-13(12)25(17)4/h6-10H,5H2,1-4H3. The first-order chi connectivity index (χ1) is 13.9. The van der Waals surface area contributed by atoms with Crippen molar-refractivity contribution in [2.24, 2.45) is 7.05 Å². The molecule has 12 heteroatoms. The molecular weight excluding hydrogens is 441 g/mol. The van der Waals surface area contributed by atoms with Gasteiger partial charge in [0.05, 0.1) is 35.3 Å². The summed E-state index contributed by atoms with van der Waals surface area (Å²) in [7, 11) is -2.07. The van der Waals surface area contributed by atoms with Gasteiger partial charge in [-0.2, -0.15) is 13.2 Å². The Labute approximate surface area is 175 Å². The predicted molar refractivity (Wildman–Crippen MR) is 107 cm³/mol. The molecular formula is C18H19F3N4O3S2. The van der Waals surface area contributed by atoms with E-state index >= 15 is 0 Å². The van der Waals surface area contributed by atoms with Crippen molar-refractivity contribution >= 4 is 32.6 Å². The van der Waals surface area contributed by atoms with Crippen LogP contribution in [0.25, 0.3) is 22.6 Å². The van der Waals surface area contributed by atoms with E-state index in [9.17, 15) is 21.6 Å². The molecule has 30 heavy (non-hydrogen) atoms. The third-order valence-corrected chi connectivity index (χ3v) is 6.49. The van der Waals surface area contributed by atoms with Crippen LogP contribution in [0.15, 0.2) is 34.4 Å². The highest BCUT2D eigenvalue weighted by Crippen LogP contribution is 2.37. The maximum absolute atomic E-state index is 12.7. The van der Waals surface area contributed by atoms with Crippen LogP contribution < -0.4 is 4.74 Å². The number of imidazole rings is 1. The Balaban J connectivity index is 2.17. The van der Waals surface area contributed by atoms with Crippen LogP contribution in [0.2, 0.25) is 0 Å². The van der Waals surface area contributed by atoms with Crippen molar-refractivity contribution in [1.82, 2.24) is 19.5 Å². The van der Waals surface area contributed by atoms with E-state index < -0.39 is 15.3 Å². The molecule has 0 saturated carbocycles. The fraction of sp³-hybridized carbons (Fsp3) is 0.389. The van der Waals surface area contributed by atoms with Crippen molar-refractivity contribution < 1.29 is 26.3 Å². The van der Waals surface area contributed by atoms with Crippen molar-refractivity contribution in [3.63, 3.8) is 0 Å². The molecule has 0 aliphatic rings. The summed E-state index contributed by atoms with van der Waals surface area (Å²) in [4.78, 5) is 12.4. The van der Waals surface area contributed by atoms with Crippen molar-refractivity contribution in [2.75, 3.05) is 5.75 Å². The van der Waals surface area contributed by atoms with Crippen LogP contribution in [0.1, 0.15) is 20.8 Å². The van der Waals surface area contributed by atoms with Crippen LogP contribution in [-0.4, -0.2) is 45.3 Å². The van der Waals surface area contributed by atoms with Crippen LogP contribution in [0, 0.1) is 0 Å². The van der Waals surface area contributed by atoms with E-state index in [1.807, 2.05) is 0 Å². The second-order valence-electron chi connectivity index (χ2n) is 6.64. The molecule has 0 N–H and O–H groups in total. The lowest BCUT2D eigenvalue weighted by molar-refractivity contribution is -0.0329. The Hall–Kier alpha value is -2.34. The number of nitrogens with zero attached hydrogens (tertiary/aromatic N) is 4. The number of rotatable bonds is 6. The van der Waals surface area contributed by atoms with E-state index in [-0.39, 0.29) is 50.6 Å². The highest BCUT2D eigenvalue weighted by atomic mass is 32.2. The molecule has 0 radical (unpaired) electrons. The van der Waals surface area contributed by atoms with Gasteiger partial charge in [0, 0.05) is 24.9 Å². The zero-order valence-corrected chi connectivity index (χ0v) is 18.2. The first kappa shape index (κ1) is 22.3. The number of sulfone groups is 1. The number of fused-ring (bicyclic) bond motifs is 1. The fourth-order valence-electron chi connectivity index (χ4n) is 2.78. The second-order valence-corrected chi connectivity index (χ2v) is 9.97. The first-order valence-electron chi connectivity index (χ1n) is 8.89. The van der Waals surface area contributed by atoms with Gasteiger partial charge in [-0.15, -0.1) is 0 Å². The molecule has 0 aliphatic carbocycles. The van der Waals surface area contributed by atoms with Crippen LogP contribution in [0.4, 0.5) is 13.2 Å². The largest absolute Gasteiger partial charge is 0.489 e. The summed E-state index contributed by atoms with van der Waals surface area (Å²) >= 11 is -0.343. The fourth-order valence-corrected chi connectivity index (χ4v) is 4.34. The molecule has 0 aliphatic heterocycles. The van der Waals surface area contributed by atoms with Crippen molar-refractivity contribution in [1.29, 1.82) is 0 Å². The van der Waals surface area contributed by atoms with Crippen molar-refractivity contribution in [3.8, 4) is 17.3 Å². The minimum Gasteiger partial charge on any atom is -0.489 e. The lowest BCUT2D eigenvalue weighted by atomic mass is 10.3. The van der Waals surface area contributed by atoms with Gasteiger partial charge in [0.15, 0.2) is 15.7 Å². The van der Waals surface area contributed by atoms with Crippen LogP contribution in [0.3, 0.4) is 0 Å². The normalized spacial score (nSPS) is 12.7. The van der Waals surface area contributed by atoms with Crippen LogP contribution in [-0.2, 0) is 16.9 Å². The number of halogens is 3. The lowest BCUT2D eigenvalue weighted by Crippen LogP contribution is -2.11. The molecule has 0 aromatic carbocycles. The number of thioether (sulfide) groups is 1. The molecule has 7 nitrogen and oxygen atoms in total. The molecule has 0 spiro atoms. The van der Waals surface area contributed by atoms with Gasteiger partial charge in [0.25, 0.3) is 0 Å². The Morgan fingerprint density at radius 3 is 2.50 bits per heavy atom. The third-order valence-electron chi connectivity index (χ3n) is 4.09. The Kier molecular flexibility index (Phi) is 6.01. The topological polar surface area (TPSA) is 87.0 Å². The molecule has 3 rings (SSSR count). The summed E-state index contributed by atoms with van der Waals surface area (Å²) in [5, 5.41) is -0.255. The number of aromatic nitrogens is 4. The number of ether oxygens (including phenoxy) is 1. The van der Waals surface area contributed by atoms with Crippen molar-refractivity contribution in [2.45, 2.75) is 42.3 Å². The predicted octanol–water partition coefficient (Wildman–Crippen LogP) is 4.22. The highest BCUT2D eigenvalue weighted by molar-refractivity contribution is 8.00. The van der Waals surface area contributed by atoms with Gasteiger partial charge < -0.3 is 9.30 Å². The maximum atomic E-state index is 12.7. The van der Waals surface area contributed by atoms with E-state index in [1.165, 1.54) is 31.5 Å². The van der Waals surface area contributed by atoms with E-state index in [1.54, 1.807) is 25.5 Å². The summed E-state index contributed by atoms with van der Waals surface area (Å²) in [5.74, 6) is 0.333. The summed E-state index contributed by atoms with van der Waals surface area (Å²) in [6.07, 6.45) is 2.48. The van der Waals surface area contributed by atoms with E-state index in [2.05, 4.69) is 15.0 Å². The zero-order valence-electron chi connectivity index (χ0n) is 16.6. The Bertz CT molecular complexity index is 1190. The molecule has 0 bridgehead atoms. The molecule has 3 heterocycles. The monoisotopic (exact) mass is 460 g/mol. The van der Waals surface area contributed by atoms with E-state index in [0.717, 1.165) is 0 Å². The van der Waals surface area contributed by atoms with Gasteiger partial charge in [0.1, 0.15) is 21.4 Å². The Morgan fingerprint density at radius 2 is 1.90 bits per heavy atom. The van der Waals surface area contributed by atoms with Crippen molar-refractivity contribution in [3.05, 3.63) is 24.5 Å². The maximum Gasteiger partial charge on any atom is 0.447 e. The molecule has 3 aromatic rings. The first-order valence-corrected chi connectivity index (χ1v) is 11.4. The van der Waals surface area contributed by atoms with Gasteiger partial charge >= 0.3 is 5.51 Å². The quantitative estimate of drug-likeness (QED) is 0.509. The number of hydrogen-bond acceptors (Lipinski definition) is 7. The average Bonchev–Trinajstić information content (AvgIpc) is 2.96. The van der Waals surface area contributed by atoms with Gasteiger partial charge in [0.2, 0.25) is 0 Å². The van der Waals surface area contributed by atoms with Gasteiger partial charge in [-0.3, -0.25) is 0 Å². The molecule has 0 fully saturated rings. The zero-order chi connectivity index (χ0) is 22.3. The third kappa shape index (κ3) is 4.69. The molecule has 162 valence electrons. The lowest BCUT2D eigenvalue weighted by Gasteiger charge is -2.13. The minimum atomic E-state index is -4.48. The summed E-state index contributed by atoms with van der Waals surface area (Å²) in [6.45, 7) is 5.11. The number of hydrogen-bond donors (Lipinski definition) is 0. The van der Waals surface area contributed by atoms with E-state index in [4.69, 9.17) is 4.74 Å². The molecule has 0 atom stereocenters.